The molecule has 6 nitrogen and oxygen atoms in total. The molecule has 1 aromatic rings. The minimum Gasteiger partial charge on any atom is -0.491 e. The summed E-state index contributed by atoms with van der Waals surface area (Å²) in [5, 5.41) is 10.2. The van der Waals surface area contributed by atoms with Gasteiger partial charge in [-0.05, 0) is 38.0 Å². The maximum absolute atomic E-state index is 11.7. The summed E-state index contributed by atoms with van der Waals surface area (Å²) in [4.78, 5) is 15.5. The van der Waals surface area contributed by atoms with Crippen molar-refractivity contribution >= 4 is 6.09 Å². The molecule has 0 aromatic heterocycles. The van der Waals surface area contributed by atoms with Crippen LogP contribution >= 0.6 is 0 Å². The van der Waals surface area contributed by atoms with Crippen LogP contribution < -0.4 is 4.74 Å². The number of aryl methyl sites for hydroxylation is 1. The Morgan fingerprint density at radius 2 is 1.96 bits per heavy atom. The zero-order chi connectivity index (χ0) is 17.5. The molecule has 1 aromatic carbocycles. The van der Waals surface area contributed by atoms with E-state index in [-0.39, 0.29) is 12.7 Å². The van der Waals surface area contributed by atoms with Crippen molar-refractivity contribution in [3.05, 3.63) is 29.3 Å². The highest BCUT2D eigenvalue weighted by atomic mass is 16.6. The van der Waals surface area contributed by atoms with Gasteiger partial charge in [-0.25, -0.2) is 4.79 Å². The first kappa shape index (κ1) is 18.5. The summed E-state index contributed by atoms with van der Waals surface area (Å²) in [5.74, 6) is 0.821. The molecule has 0 saturated carbocycles. The van der Waals surface area contributed by atoms with Crippen LogP contribution in [0.3, 0.4) is 0 Å². The van der Waals surface area contributed by atoms with E-state index >= 15 is 0 Å². The van der Waals surface area contributed by atoms with E-state index in [0.717, 1.165) is 24.4 Å². The van der Waals surface area contributed by atoms with Crippen LogP contribution in [0.25, 0.3) is 0 Å². The maximum Gasteiger partial charge on any atom is 0.409 e. The Labute approximate surface area is 144 Å². The van der Waals surface area contributed by atoms with Gasteiger partial charge >= 0.3 is 6.09 Å². The number of nitrogens with zero attached hydrogens (tertiary/aromatic N) is 2. The minimum absolute atomic E-state index is 0.254. The van der Waals surface area contributed by atoms with E-state index in [4.69, 9.17) is 9.47 Å². The lowest BCUT2D eigenvalue weighted by Gasteiger charge is -2.34. The lowest BCUT2D eigenvalue weighted by molar-refractivity contribution is 0.0406. The molecule has 0 aliphatic carbocycles. The predicted octanol–water partition coefficient (Wildman–Crippen LogP) is 1.82. The molecule has 6 heteroatoms. The fraction of sp³-hybridized carbons (Fsp3) is 0.611. The Kier molecular flexibility index (Phi) is 6.87. The average molecular weight is 336 g/mol. The smallest absolute Gasteiger partial charge is 0.409 e. The van der Waals surface area contributed by atoms with Crippen LogP contribution in [0, 0.1) is 13.8 Å². The molecule has 0 spiro atoms. The standard InChI is InChI=1S/C18H28N2O4/c1-4-23-18(22)20-10-8-19(9-11-20)12-16(21)13-24-17-7-5-6-14(2)15(17)3/h5-7,16,21H,4,8-13H2,1-3H3/t16-/m0/s1. The second kappa shape index (κ2) is 8.89. The first-order valence-corrected chi connectivity index (χ1v) is 8.52. The van der Waals surface area contributed by atoms with Crippen LogP contribution in [-0.4, -0.2) is 73.0 Å². The molecular formula is C18H28N2O4. The second-order valence-electron chi connectivity index (χ2n) is 6.15. The average Bonchev–Trinajstić information content (AvgIpc) is 2.57. The molecule has 1 heterocycles. The number of benzene rings is 1. The van der Waals surface area contributed by atoms with Crippen molar-refractivity contribution in [2.24, 2.45) is 0 Å². The first-order chi connectivity index (χ1) is 11.5. The largest absolute Gasteiger partial charge is 0.491 e. The third kappa shape index (κ3) is 5.11. The number of β-amino-alcohol motifs (C(OH)–C–C–N with tert-alkyl or cyclic N) is 1. The van der Waals surface area contributed by atoms with Gasteiger partial charge in [0, 0.05) is 32.7 Å². The number of hydrogen-bond donors (Lipinski definition) is 1. The van der Waals surface area contributed by atoms with Crippen molar-refractivity contribution in [2.75, 3.05) is 45.9 Å². The summed E-state index contributed by atoms with van der Waals surface area (Å²) >= 11 is 0. The summed E-state index contributed by atoms with van der Waals surface area (Å²) in [6, 6.07) is 5.92. The van der Waals surface area contributed by atoms with Gasteiger partial charge in [0.2, 0.25) is 0 Å². The van der Waals surface area contributed by atoms with Crippen LogP contribution in [0.2, 0.25) is 0 Å². The van der Waals surface area contributed by atoms with E-state index in [1.165, 1.54) is 5.56 Å². The molecule has 0 unspecified atom stereocenters. The lowest BCUT2D eigenvalue weighted by atomic mass is 10.1. The lowest BCUT2D eigenvalue weighted by Crippen LogP contribution is -2.51. The van der Waals surface area contributed by atoms with Crippen molar-refractivity contribution in [3.8, 4) is 5.75 Å². The second-order valence-corrected chi connectivity index (χ2v) is 6.15. The van der Waals surface area contributed by atoms with Gasteiger partial charge in [0.05, 0.1) is 6.61 Å². The maximum atomic E-state index is 11.7. The first-order valence-electron chi connectivity index (χ1n) is 8.52. The molecule has 1 aliphatic heterocycles. The molecule has 134 valence electrons. The Morgan fingerprint density at radius 3 is 2.62 bits per heavy atom. The number of aliphatic hydroxyl groups is 1. The van der Waals surface area contributed by atoms with Gasteiger partial charge in [0.25, 0.3) is 0 Å². The van der Waals surface area contributed by atoms with E-state index < -0.39 is 6.10 Å². The monoisotopic (exact) mass is 336 g/mol. The molecule has 1 atom stereocenters. The van der Waals surface area contributed by atoms with Gasteiger partial charge in [0.1, 0.15) is 18.5 Å². The van der Waals surface area contributed by atoms with Gasteiger partial charge in [-0.1, -0.05) is 12.1 Å². The fourth-order valence-electron chi connectivity index (χ4n) is 2.75. The highest BCUT2D eigenvalue weighted by Gasteiger charge is 2.23. The number of amides is 1. The molecule has 0 bridgehead atoms. The van der Waals surface area contributed by atoms with E-state index in [0.29, 0.717) is 26.2 Å². The van der Waals surface area contributed by atoms with E-state index in [1.807, 2.05) is 32.0 Å². The molecule has 1 amide bonds. The van der Waals surface area contributed by atoms with Crippen LogP contribution in [0.1, 0.15) is 18.1 Å². The molecular weight excluding hydrogens is 308 g/mol. The van der Waals surface area contributed by atoms with Crippen LogP contribution in [-0.2, 0) is 4.74 Å². The van der Waals surface area contributed by atoms with Crippen LogP contribution in [0.4, 0.5) is 4.79 Å². The van der Waals surface area contributed by atoms with Crippen molar-refractivity contribution < 1.29 is 19.4 Å². The summed E-state index contributed by atoms with van der Waals surface area (Å²) < 4.78 is 10.8. The summed E-state index contributed by atoms with van der Waals surface area (Å²) in [6.07, 6.45) is -0.810. The minimum atomic E-state index is -0.556. The highest BCUT2D eigenvalue weighted by Crippen LogP contribution is 2.20. The van der Waals surface area contributed by atoms with E-state index in [9.17, 15) is 9.90 Å². The quantitative estimate of drug-likeness (QED) is 0.858. The number of rotatable bonds is 6. The SMILES string of the molecule is CCOC(=O)N1CCN(C[C@H](O)COc2cccc(C)c2C)CC1. The fourth-order valence-corrected chi connectivity index (χ4v) is 2.75. The normalized spacial score (nSPS) is 16.8. The molecule has 1 N–H and O–H groups in total. The number of piperazine rings is 1. The summed E-state index contributed by atoms with van der Waals surface area (Å²) in [7, 11) is 0. The van der Waals surface area contributed by atoms with Crippen LogP contribution in [0.5, 0.6) is 5.75 Å². The van der Waals surface area contributed by atoms with Gasteiger partial charge in [0.15, 0.2) is 0 Å². The third-order valence-electron chi connectivity index (χ3n) is 4.35. The molecule has 2 rings (SSSR count). The highest BCUT2D eigenvalue weighted by molar-refractivity contribution is 5.67. The van der Waals surface area contributed by atoms with Gasteiger partial charge in [-0.3, -0.25) is 4.90 Å². The van der Waals surface area contributed by atoms with Crippen LogP contribution in [0.15, 0.2) is 18.2 Å². The number of carbonyl (C=O) groups excluding carboxylic acids is 1. The van der Waals surface area contributed by atoms with Gasteiger partial charge in [-0.2, -0.15) is 0 Å². The Balaban J connectivity index is 1.73. The van der Waals surface area contributed by atoms with E-state index in [1.54, 1.807) is 11.8 Å². The molecule has 24 heavy (non-hydrogen) atoms. The third-order valence-corrected chi connectivity index (χ3v) is 4.35. The van der Waals surface area contributed by atoms with Crippen molar-refractivity contribution in [1.82, 2.24) is 9.80 Å². The zero-order valence-corrected chi connectivity index (χ0v) is 14.8. The Bertz CT molecular complexity index is 542. The molecule has 0 radical (unpaired) electrons. The van der Waals surface area contributed by atoms with Gasteiger partial charge < -0.3 is 19.5 Å². The molecule has 1 aliphatic rings. The number of hydrogen-bond acceptors (Lipinski definition) is 5. The predicted molar refractivity (Wildman–Crippen MR) is 92.5 cm³/mol. The van der Waals surface area contributed by atoms with Gasteiger partial charge in [-0.15, -0.1) is 0 Å². The van der Waals surface area contributed by atoms with E-state index in [2.05, 4.69) is 4.90 Å². The molecule has 1 saturated heterocycles. The van der Waals surface area contributed by atoms with Crippen molar-refractivity contribution in [1.29, 1.82) is 0 Å². The summed E-state index contributed by atoms with van der Waals surface area (Å²) in [5.41, 5.74) is 2.28. The summed E-state index contributed by atoms with van der Waals surface area (Å²) in [6.45, 7) is 9.80. The number of aliphatic hydroxyl groups excluding tert-OH is 1. The topological polar surface area (TPSA) is 62.2 Å². The Hall–Kier alpha value is -1.79. The molecule has 1 fully saturated rings. The zero-order valence-electron chi connectivity index (χ0n) is 14.8. The van der Waals surface area contributed by atoms with Crippen molar-refractivity contribution in [3.63, 3.8) is 0 Å². The number of ether oxygens (including phenoxy) is 2. The number of carbonyl (C=O) groups is 1. The Morgan fingerprint density at radius 1 is 1.25 bits per heavy atom. The van der Waals surface area contributed by atoms with Crippen molar-refractivity contribution in [2.45, 2.75) is 26.9 Å².